The van der Waals surface area contributed by atoms with Gasteiger partial charge in [0.15, 0.2) is 0 Å². The highest BCUT2D eigenvalue weighted by molar-refractivity contribution is 6.32. The number of hydrogen-bond donors (Lipinski definition) is 0. The fraction of sp³-hybridized carbons (Fsp3) is 0.200. The second-order valence-electron chi connectivity index (χ2n) is 3.85. The smallest absolute Gasteiger partial charge is 0.138 e. The van der Waals surface area contributed by atoms with Crippen LogP contribution in [0, 0.1) is 0 Å². The van der Waals surface area contributed by atoms with E-state index in [9.17, 15) is 0 Å². The van der Waals surface area contributed by atoms with E-state index in [1.807, 2.05) is 36.4 Å². The summed E-state index contributed by atoms with van der Waals surface area (Å²) in [4.78, 5) is 0. The van der Waals surface area contributed by atoms with Crippen molar-refractivity contribution in [3.05, 3.63) is 53.6 Å². The molecule has 2 nitrogen and oxygen atoms in total. The third-order valence-corrected chi connectivity index (χ3v) is 2.88. The van der Waals surface area contributed by atoms with Gasteiger partial charge in [-0.1, -0.05) is 48.0 Å². The Kier molecular flexibility index (Phi) is 4.62. The first-order valence-corrected chi connectivity index (χ1v) is 6.16. The minimum absolute atomic E-state index is 0.501. The van der Waals surface area contributed by atoms with E-state index in [2.05, 4.69) is 12.1 Å². The van der Waals surface area contributed by atoms with Crippen molar-refractivity contribution in [3.8, 4) is 16.9 Å². The van der Waals surface area contributed by atoms with Crippen molar-refractivity contribution in [2.75, 3.05) is 20.3 Å². The Bertz CT molecular complexity index is 497. The lowest BCUT2D eigenvalue weighted by Crippen LogP contribution is -2.04. The number of halogens is 1. The third-order valence-electron chi connectivity index (χ3n) is 2.58. The number of hydrogen-bond acceptors (Lipinski definition) is 2. The number of benzene rings is 2. The standard InChI is InChI=1S/C15H15ClO2/c1-17-9-10-18-15-8-7-13(11-14(15)16)12-5-3-2-4-6-12/h2-8,11H,9-10H2,1H3. The number of rotatable bonds is 5. The Balaban J connectivity index is 2.15. The van der Waals surface area contributed by atoms with Gasteiger partial charge >= 0.3 is 0 Å². The summed E-state index contributed by atoms with van der Waals surface area (Å²) < 4.78 is 10.4. The van der Waals surface area contributed by atoms with Gasteiger partial charge in [0, 0.05) is 7.11 Å². The molecule has 0 N–H and O–H groups in total. The molecular weight excluding hydrogens is 248 g/mol. The van der Waals surface area contributed by atoms with Gasteiger partial charge < -0.3 is 9.47 Å². The van der Waals surface area contributed by atoms with Crippen molar-refractivity contribution in [1.82, 2.24) is 0 Å². The first-order valence-electron chi connectivity index (χ1n) is 5.78. The van der Waals surface area contributed by atoms with Crippen molar-refractivity contribution in [3.63, 3.8) is 0 Å². The van der Waals surface area contributed by atoms with E-state index in [1.54, 1.807) is 7.11 Å². The molecule has 0 radical (unpaired) electrons. The first-order chi connectivity index (χ1) is 8.81. The predicted molar refractivity (Wildman–Crippen MR) is 74.3 cm³/mol. The van der Waals surface area contributed by atoms with Crippen molar-refractivity contribution < 1.29 is 9.47 Å². The lowest BCUT2D eigenvalue weighted by molar-refractivity contribution is 0.146. The van der Waals surface area contributed by atoms with Crippen LogP contribution < -0.4 is 4.74 Å². The summed E-state index contributed by atoms with van der Waals surface area (Å²) in [6.45, 7) is 1.05. The minimum Gasteiger partial charge on any atom is -0.490 e. The maximum absolute atomic E-state index is 6.19. The topological polar surface area (TPSA) is 18.5 Å². The average molecular weight is 263 g/mol. The van der Waals surface area contributed by atoms with Crippen molar-refractivity contribution in [2.24, 2.45) is 0 Å². The maximum atomic E-state index is 6.19. The molecule has 0 aromatic heterocycles. The molecule has 0 fully saturated rings. The zero-order valence-corrected chi connectivity index (χ0v) is 11.0. The molecule has 94 valence electrons. The molecule has 3 heteroatoms. The normalized spacial score (nSPS) is 10.3. The molecule has 0 aliphatic carbocycles. The molecule has 2 aromatic carbocycles. The molecule has 0 unspecified atom stereocenters. The highest BCUT2D eigenvalue weighted by Gasteiger charge is 2.04. The predicted octanol–water partition coefficient (Wildman–Crippen LogP) is 4.03. The molecular formula is C15H15ClO2. The Hall–Kier alpha value is -1.51. The van der Waals surface area contributed by atoms with Crippen LogP contribution in [-0.2, 0) is 4.74 Å². The SMILES string of the molecule is COCCOc1ccc(-c2ccccc2)cc1Cl. The molecule has 0 aliphatic rings. The van der Waals surface area contributed by atoms with Gasteiger partial charge in [0.2, 0.25) is 0 Å². The zero-order valence-electron chi connectivity index (χ0n) is 10.2. The molecule has 0 saturated heterocycles. The monoisotopic (exact) mass is 262 g/mol. The summed E-state index contributed by atoms with van der Waals surface area (Å²) in [5.41, 5.74) is 2.22. The Morgan fingerprint density at radius 1 is 0.944 bits per heavy atom. The van der Waals surface area contributed by atoms with Crippen LogP contribution in [0.3, 0.4) is 0 Å². The van der Waals surface area contributed by atoms with E-state index in [-0.39, 0.29) is 0 Å². The molecule has 0 bridgehead atoms. The Morgan fingerprint density at radius 3 is 2.39 bits per heavy atom. The average Bonchev–Trinajstić information content (AvgIpc) is 2.42. The summed E-state index contributed by atoms with van der Waals surface area (Å²) >= 11 is 6.19. The Morgan fingerprint density at radius 2 is 1.72 bits per heavy atom. The highest BCUT2D eigenvalue weighted by atomic mass is 35.5. The summed E-state index contributed by atoms with van der Waals surface area (Å²) in [5.74, 6) is 0.688. The van der Waals surface area contributed by atoms with Gasteiger partial charge in [0.05, 0.1) is 11.6 Å². The second-order valence-corrected chi connectivity index (χ2v) is 4.26. The molecule has 0 heterocycles. The fourth-order valence-corrected chi connectivity index (χ4v) is 1.90. The highest BCUT2D eigenvalue weighted by Crippen LogP contribution is 2.30. The molecule has 0 spiro atoms. The van der Waals surface area contributed by atoms with Crippen LogP contribution in [0.15, 0.2) is 48.5 Å². The van der Waals surface area contributed by atoms with Gasteiger partial charge in [-0.2, -0.15) is 0 Å². The lowest BCUT2D eigenvalue weighted by atomic mass is 10.1. The van der Waals surface area contributed by atoms with E-state index in [1.165, 1.54) is 0 Å². The zero-order chi connectivity index (χ0) is 12.8. The van der Waals surface area contributed by atoms with Crippen LogP contribution in [0.5, 0.6) is 5.75 Å². The van der Waals surface area contributed by atoms with Crippen LogP contribution in [0.25, 0.3) is 11.1 Å². The molecule has 0 aliphatic heterocycles. The van der Waals surface area contributed by atoms with Gasteiger partial charge in [-0.05, 0) is 23.3 Å². The molecule has 0 saturated carbocycles. The second kappa shape index (κ2) is 6.43. The van der Waals surface area contributed by atoms with Gasteiger partial charge in [-0.15, -0.1) is 0 Å². The maximum Gasteiger partial charge on any atom is 0.138 e. The summed E-state index contributed by atoms with van der Waals surface area (Å²) in [6, 6.07) is 15.9. The van der Waals surface area contributed by atoms with Gasteiger partial charge in [0.25, 0.3) is 0 Å². The van der Waals surface area contributed by atoms with Crippen LogP contribution in [0.1, 0.15) is 0 Å². The van der Waals surface area contributed by atoms with E-state index < -0.39 is 0 Å². The molecule has 18 heavy (non-hydrogen) atoms. The molecule has 0 amide bonds. The van der Waals surface area contributed by atoms with E-state index in [0.717, 1.165) is 11.1 Å². The quantitative estimate of drug-likeness (QED) is 0.758. The van der Waals surface area contributed by atoms with E-state index >= 15 is 0 Å². The largest absolute Gasteiger partial charge is 0.490 e. The first kappa shape index (κ1) is 12.9. The van der Waals surface area contributed by atoms with E-state index in [4.69, 9.17) is 21.1 Å². The summed E-state index contributed by atoms with van der Waals surface area (Å²) in [6.07, 6.45) is 0. The van der Waals surface area contributed by atoms with Crippen molar-refractivity contribution >= 4 is 11.6 Å². The lowest BCUT2D eigenvalue weighted by Gasteiger charge is -2.09. The number of ether oxygens (including phenoxy) is 2. The third kappa shape index (κ3) is 3.25. The van der Waals surface area contributed by atoms with Gasteiger partial charge in [0.1, 0.15) is 12.4 Å². The minimum atomic E-state index is 0.501. The van der Waals surface area contributed by atoms with Crippen molar-refractivity contribution in [2.45, 2.75) is 0 Å². The Labute approximate surface area is 112 Å². The van der Waals surface area contributed by atoms with Gasteiger partial charge in [-0.25, -0.2) is 0 Å². The van der Waals surface area contributed by atoms with Crippen molar-refractivity contribution in [1.29, 1.82) is 0 Å². The van der Waals surface area contributed by atoms with Crippen LogP contribution in [-0.4, -0.2) is 20.3 Å². The summed E-state index contributed by atoms with van der Waals surface area (Å²) in [7, 11) is 1.64. The van der Waals surface area contributed by atoms with Crippen LogP contribution in [0.2, 0.25) is 5.02 Å². The fourth-order valence-electron chi connectivity index (χ4n) is 1.66. The van der Waals surface area contributed by atoms with E-state index in [0.29, 0.717) is 24.0 Å². The van der Waals surface area contributed by atoms with Gasteiger partial charge in [-0.3, -0.25) is 0 Å². The van der Waals surface area contributed by atoms with Crippen LogP contribution in [0.4, 0.5) is 0 Å². The molecule has 2 aromatic rings. The molecule has 2 rings (SSSR count). The number of methoxy groups -OCH3 is 1. The summed E-state index contributed by atoms with van der Waals surface area (Å²) in [5, 5.41) is 0.618. The van der Waals surface area contributed by atoms with Crippen LogP contribution >= 0.6 is 11.6 Å². The molecule has 0 atom stereocenters.